The van der Waals surface area contributed by atoms with Gasteiger partial charge >= 0.3 is 6.09 Å². The molecule has 18 heavy (non-hydrogen) atoms. The topological polar surface area (TPSA) is 70.0 Å². The van der Waals surface area contributed by atoms with E-state index in [1.807, 2.05) is 0 Å². The second kappa shape index (κ2) is 4.12. The highest BCUT2D eigenvalue weighted by Crippen LogP contribution is 2.36. The van der Waals surface area contributed by atoms with Crippen LogP contribution < -0.4 is 0 Å². The summed E-state index contributed by atoms with van der Waals surface area (Å²) in [5, 5.41) is 20.6. The third kappa shape index (κ3) is 2.05. The normalized spacial score (nSPS) is 31.6. The van der Waals surface area contributed by atoms with Crippen molar-refractivity contribution >= 4 is 17.7 Å². The minimum Gasteiger partial charge on any atom is -0.412 e. The van der Waals surface area contributed by atoms with E-state index < -0.39 is 17.6 Å². The molecule has 0 unspecified atom stereocenters. The largest absolute Gasteiger partial charge is 0.415 e. The molecule has 1 fully saturated rings. The van der Waals surface area contributed by atoms with Crippen molar-refractivity contribution < 1.29 is 19.7 Å². The Morgan fingerprint density at radius 3 is 2.28 bits per heavy atom. The van der Waals surface area contributed by atoms with Gasteiger partial charge in [-0.1, -0.05) is 23.7 Å². The van der Waals surface area contributed by atoms with Crippen molar-refractivity contribution in [1.82, 2.24) is 4.90 Å². The van der Waals surface area contributed by atoms with Crippen molar-refractivity contribution in [1.29, 1.82) is 0 Å². The molecule has 0 radical (unpaired) electrons. The number of carbonyl (C=O) groups excluding carboxylic acids is 1. The van der Waals surface area contributed by atoms with Gasteiger partial charge in [0.25, 0.3) is 5.79 Å². The van der Waals surface area contributed by atoms with Crippen LogP contribution in [0.4, 0.5) is 4.79 Å². The van der Waals surface area contributed by atoms with E-state index in [1.54, 1.807) is 24.3 Å². The fraction of sp³-hybridized carbons (Fsp3) is 0.417. The molecular formula is C12H14ClNO4. The molecule has 1 heterocycles. The summed E-state index contributed by atoms with van der Waals surface area (Å²) in [6, 6.07) is 6.84. The van der Waals surface area contributed by atoms with Gasteiger partial charge in [0.15, 0.2) is 0 Å². The molecule has 2 N–H and O–H groups in total. The van der Waals surface area contributed by atoms with Crippen molar-refractivity contribution in [2.24, 2.45) is 0 Å². The van der Waals surface area contributed by atoms with E-state index in [0.29, 0.717) is 5.02 Å². The molecule has 5 nitrogen and oxygen atoms in total. The van der Waals surface area contributed by atoms with E-state index in [0.717, 1.165) is 10.5 Å². The molecule has 0 aliphatic carbocycles. The summed E-state index contributed by atoms with van der Waals surface area (Å²) in [5.41, 5.74) is -1.02. The summed E-state index contributed by atoms with van der Waals surface area (Å²) < 4.78 is 4.74. The summed E-state index contributed by atoms with van der Waals surface area (Å²) in [4.78, 5) is 12.7. The Morgan fingerprint density at radius 1 is 1.28 bits per heavy atom. The number of carbonyl (C=O) groups is 1. The number of ether oxygens (including phenoxy) is 1. The van der Waals surface area contributed by atoms with E-state index in [1.165, 1.54) is 13.8 Å². The Morgan fingerprint density at radius 2 is 1.83 bits per heavy atom. The number of nitrogens with zero attached hydrogens (tertiary/aromatic N) is 1. The first kappa shape index (κ1) is 13.1. The molecule has 1 aromatic rings. The highest BCUT2D eigenvalue weighted by Gasteiger charge is 2.58. The molecule has 98 valence electrons. The summed E-state index contributed by atoms with van der Waals surface area (Å²) in [6.45, 7) is 2.69. The molecule has 1 aliphatic rings. The molecule has 0 spiro atoms. The van der Waals surface area contributed by atoms with Gasteiger partial charge in [-0.25, -0.2) is 4.79 Å². The number of rotatable bonds is 2. The Kier molecular flexibility index (Phi) is 3.01. The van der Waals surface area contributed by atoms with E-state index in [-0.39, 0.29) is 6.54 Å². The lowest BCUT2D eigenvalue weighted by atomic mass is 10.1. The molecule has 0 aromatic heterocycles. The monoisotopic (exact) mass is 271 g/mol. The molecule has 2 atom stereocenters. The molecule has 1 aromatic carbocycles. The van der Waals surface area contributed by atoms with Crippen molar-refractivity contribution in [3.8, 4) is 0 Å². The third-order valence-corrected chi connectivity index (χ3v) is 3.42. The number of benzene rings is 1. The van der Waals surface area contributed by atoms with Crippen LogP contribution in [0.25, 0.3) is 0 Å². The fourth-order valence-corrected chi connectivity index (χ4v) is 1.87. The maximum atomic E-state index is 11.6. The molecular weight excluding hydrogens is 258 g/mol. The van der Waals surface area contributed by atoms with Gasteiger partial charge in [0.1, 0.15) is 0 Å². The molecule has 2 rings (SSSR count). The van der Waals surface area contributed by atoms with Gasteiger partial charge in [0.05, 0.1) is 6.54 Å². The second-order valence-electron chi connectivity index (χ2n) is 4.58. The van der Waals surface area contributed by atoms with E-state index >= 15 is 0 Å². The van der Waals surface area contributed by atoms with Gasteiger partial charge < -0.3 is 14.9 Å². The van der Waals surface area contributed by atoms with Crippen LogP contribution in [0.1, 0.15) is 19.4 Å². The van der Waals surface area contributed by atoms with E-state index in [4.69, 9.17) is 16.3 Å². The molecule has 1 amide bonds. The second-order valence-corrected chi connectivity index (χ2v) is 5.02. The van der Waals surface area contributed by atoms with Crippen molar-refractivity contribution in [3.05, 3.63) is 34.9 Å². The Balaban J connectivity index is 2.24. The van der Waals surface area contributed by atoms with E-state index in [2.05, 4.69) is 0 Å². The molecule has 0 bridgehead atoms. The lowest BCUT2D eigenvalue weighted by Crippen LogP contribution is -2.54. The van der Waals surface area contributed by atoms with Crippen molar-refractivity contribution in [2.75, 3.05) is 0 Å². The van der Waals surface area contributed by atoms with Crippen LogP contribution in [-0.2, 0) is 11.3 Å². The maximum Gasteiger partial charge on any atom is 0.415 e. The zero-order valence-corrected chi connectivity index (χ0v) is 10.8. The van der Waals surface area contributed by atoms with Gasteiger partial charge in [-0.05, 0) is 24.6 Å². The van der Waals surface area contributed by atoms with Crippen LogP contribution in [0.5, 0.6) is 0 Å². The minimum absolute atomic E-state index is 0.124. The zero-order valence-electron chi connectivity index (χ0n) is 10.1. The van der Waals surface area contributed by atoms with E-state index in [9.17, 15) is 15.0 Å². The maximum absolute atomic E-state index is 11.6. The Bertz CT molecular complexity index is 469. The summed E-state index contributed by atoms with van der Waals surface area (Å²) >= 11 is 5.76. The smallest absolute Gasteiger partial charge is 0.412 e. The van der Waals surface area contributed by atoms with Crippen LogP contribution in [0.3, 0.4) is 0 Å². The van der Waals surface area contributed by atoms with Gasteiger partial charge in [0.2, 0.25) is 5.72 Å². The predicted octanol–water partition coefficient (Wildman–Crippen LogP) is 1.71. The molecule has 6 heteroatoms. The number of cyclic esters (lactones) is 1. The number of amides is 1. The quantitative estimate of drug-likeness (QED) is 0.859. The van der Waals surface area contributed by atoms with Crippen LogP contribution in [0.15, 0.2) is 24.3 Å². The zero-order chi connectivity index (χ0) is 13.6. The highest BCUT2D eigenvalue weighted by atomic mass is 35.5. The lowest BCUT2D eigenvalue weighted by Gasteiger charge is -2.33. The van der Waals surface area contributed by atoms with Crippen LogP contribution in [0.2, 0.25) is 5.02 Å². The first-order valence-corrected chi connectivity index (χ1v) is 5.81. The van der Waals surface area contributed by atoms with Crippen LogP contribution in [-0.4, -0.2) is 32.7 Å². The predicted molar refractivity (Wildman–Crippen MR) is 64.7 cm³/mol. The van der Waals surface area contributed by atoms with Crippen LogP contribution >= 0.6 is 11.6 Å². The first-order valence-electron chi connectivity index (χ1n) is 5.44. The number of hydrogen-bond acceptors (Lipinski definition) is 4. The summed E-state index contributed by atoms with van der Waals surface area (Å²) in [6.07, 6.45) is -0.764. The minimum atomic E-state index is -1.93. The van der Waals surface area contributed by atoms with Gasteiger partial charge in [-0.2, -0.15) is 0 Å². The first-order chi connectivity index (χ1) is 8.24. The lowest BCUT2D eigenvalue weighted by molar-refractivity contribution is -0.248. The summed E-state index contributed by atoms with van der Waals surface area (Å²) in [5.74, 6) is -1.93. The van der Waals surface area contributed by atoms with Gasteiger partial charge in [-0.15, -0.1) is 0 Å². The molecule has 1 saturated heterocycles. The average Bonchev–Trinajstić information content (AvgIpc) is 2.40. The number of hydrogen-bond donors (Lipinski definition) is 2. The highest BCUT2D eigenvalue weighted by molar-refractivity contribution is 6.30. The van der Waals surface area contributed by atoms with Gasteiger partial charge in [0, 0.05) is 11.9 Å². The van der Waals surface area contributed by atoms with Crippen molar-refractivity contribution in [2.45, 2.75) is 31.9 Å². The van der Waals surface area contributed by atoms with Crippen molar-refractivity contribution in [3.63, 3.8) is 0 Å². The Labute approximate surface area is 110 Å². The third-order valence-electron chi connectivity index (χ3n) is 3.16. The van der Waals surface area contributed by atoms with Gasteiger partial charge in [-0.3, -0.25) is 4.90 Å². The number of aliphatic hydroxyl groups is 2. The molecule has 0 saturated carbocycles. The fourth-order valence-electron chi connectivity index (χ4n) is 1.74. The average molecular weight is 272 g/mol. The Hall–Kier alpha value is -1.30. The standard InChI is InChI=1S/C12H14ClNO4/c1-11(16)12(2,17)18-10(15)14(11)7-8-3-5-9(13)6-4-8/h3-6,16-17H,7H2,1-2H3/t11-,12-/m0/s1. The number of halogens is 1. The SMILES string of the molecule is C[C@]1(O)OC(=O)N(Cc2ccc(Cl)cc2)[C@@]1(C)O. The van der Waals surface area contributed by atoms with Crippen LogP contribution in [0, 0.1) is 0 Å². The summed E-state index contributed by atoms with van der Waals surface area (Å²) in [7, 11) is 0. The molecule has 1 aliphatic heterocycles.